The van der Waals surface area contributed by atoms with Crippen molar-refractivity contribution in [1.29, 1.82) is 0 Å². The van der Waals surface area contributed by atoms with E-state index in [0.717, 1.165) is 11.3 Å². The first kappa shape index (κ1) is 21.0. The molecule has 1 rings (SSSR count). The first-order valence-corrected chi connectivity index (χ1v) is 3.66. The Morgan fingerprint density at radius 1 is 1.47 bits per heavy atom. The number of hydrogen-bond acceptors (Lipinski definition) is 2. The quantitative estimate of drug-likeness (QED) is 0.380. The van der Waals surface area contributed by atoms with Crippen molar-refractivity contribution in [3.8, 4) is 0 Å². The first-order chi connectivity index (χ1) is 5.93. The predicted molar refractivity (Wildman–Crippen MR) is 53.0 cm³/mol. The van der Waals surface area contributed by atoms with Gasteiger partial charge in [0, 0.05) is 20.4 Å². The Bertz CT molecular complexity index is 301. The Balaban J connectivity index is -0.000000213. The number of nitrogen functional groups attached to an aromatic ring is 1. The molecule has 1 aromatic rings. The molecule has 1 aromatic carbocycles. The van der Waals surface area contributed by atoms with Crippen LogP contribution in [0.25, 0.3) is 0 Å². The second-order valence-corrected chi connectivity index (χ2v) is 2.60. The Hall–Kier alpha value is 0.698. The molecule has 0 bridgehead atoms. The van der Waals surface area contributed by atoms with Gasteiger partial charge in [0.2, 0.25) is 0 Å². The number of nitrogens with two attached hydrogens (primary N) is 1. The molecule has 15 heavy (non-hydrogen) atoms. The van der Waals surface area contributed by atoms with E-state index in [0.29, 0.717) is 0 Å². The second-order valence-electron chi connectivity index (χ2n) is 2.60. The van der Waals surface area contributed by atoms with Crippen molar-refractivity contribution >= 4 is 11.7 Å². The van der Waals surface area contributed by atoms with Crippen molar-refractivity contribution in [2.45, 2.75) is 6.92 Å². The zero-order chi connectivity index (χ0) is 10.4. The van der Waals surface area contributed by atoms with Crippen LogP contribution in [0, 0.1) is 20.8 Å². The molecule has 0 fully saturated rings. The molecule has 0 unspecified atom stereocenters. The second kappa shape index (κ2) is 11.2. The van der Waals surface area contributed by atoms with Gasteiger partial charge in [0.05, 0.1) is 0 Å². The van der Waals surface area contributed by atoms with Crippen LogP contribution in [-0.4, -0.2) is 11.1 Å². The summed E-state index contributed by atoms with van der Waals surface area (Å²) in [5.74, 6) is -1.08. The molecular weight excluding hydrogens is 438 g/mol. The SMILES string of the molecule is [CH2-]C(=O)O.[CH2-]c1cc(C)ccc1N.[Rb+].[Re]. The van der Waals surface area contributed by atoms with E-state index < -0.39 is 5.97 Å². The molecule has 0 aliphatic carbocycles. The number of hydrogen-bond donors (Lipinski definition) is 2. The number of carboxylic acid groups (broad SMARTS) is 1. The molecule has 0 saturated carbocycles. The van der Waals surface area contributed by atoms with E-state index in [1.807, 2.05) is 25.1 Å². The van der Waals surface area contributed by atoms with Crippen LogP contribution < -0.4 is 63.9 Å². The van der Waals surface area contributed by atoms with E-state index in [-0.39, 0.29) is 78.6 Å². The van der Waals surface area contributed by atoms with Crippen LogP contribution in [0.1, 0.15) is 11.1 Å². The van der Waals surface area contributed by atoms with Gasteiger partial charge in [0.1, 0.15) is 0 Å². The Morgan fingerprint density at radius 2 is 1.87 bits per heavy atom. The fourth-order valence-corrected chi connectivity index (χ4v) is 0.735. The Kier molecular flexibility index (Phi) is 15.7. The first-order valence-electron chi connectivity index (χ1n) is 3.66. The maximum Gasteiger partial charge on any atom is 1.00 e. The number of aliphatic carboxylic acids is 1. The fourth-order valence-electron chi connectivity index (χ4n) is 0.735. The van der Waals surface area contributed by atoms with Crippen molar-refractivity contribution in [3.63, 3.8) is 0 Å². The number of anilines is 1. The molecule has 0 aromatic heterocycles. The smallest absolute Gasteiger partial charge is 0.503 e. The summed E-state index contributed by atoms with van der Waals surface area (Å²) in [6.45, 7) is 8.33. The van der Waals surface area contributed by atoms with Crippen LogP contribution >= 0.6 is 0 Å². The third-order valence-electron chi connectivity index (χ3n) is 1.30. The zero-order valence-corrected chi connectivity index (χ0v) is 16.6. The summed E-state index contributed by atoms with van der Waals surface area (Å²) in [4.78, 5) is 8.89. The molecular formula is C10H13NO2RbRe-. The molecule has 0 atom stereocenters. The van der Waals surface area contributed by atoms with E-state index in [1.54, 1.807) is 0 Å². The van der Waals surface area contributed by atoms with E-state index in [1.165, 1.54) is 5.56 Å². The van der Waals surface area contributed by atoms with Crippen molar-refractivity contribution in [2.24, 2.45) is 0 Å². The van der Waals surface area contributed by atoms with Gasteiger partial charge in [-0.2, -0.15) is 18.6 Å². The summed E-state index contributed by atoms with van der Waals surface area (Å²) in [6, 6.07) is 5.82. The molecule has 3 N–H and O–H groups in total. The van der Waals surface area contributed by atoms with Gasteiger partial charge in [-0.25, -0.2) is 0 Å². The summed E-state index contributed by atoms with van der Waals surface area (Å²) < 4.78 is 0. The van der Waals surface area contributed by atoms with Crippen molar-refractivity contribution < 1.29 is 88.5 Å². The van der Waals surface area contributed by atoms with E-state index in [2.05, 4.69) is 13.8 Å². The molecule has 0 spiro atoms. The number of benzene rings is 1. The van der Waals surface area contributed by atoms with E-state index >= 15 is 0 Å². The van der Waals surface area contributed by atoms with Crippen molar-refractivity contribution in [3.05, 3.63) is 43.2 Å². The standard InChI is InChI=1S/C8H10N.C2H3O2.Rb.Re/c1-6-3-4-8(9)7(2)5-6;1-2(3)4;;/h3-5H,2,9H2,1H3;1H2,(H,3,4);;/q2*-1;+1;. The molecule has 0 aliphatic heterocycles. The Labute approximate surface area is 153 Å². The van der Waals surface area contributed by atoms with Gasteiger partial charge < -0.3 is 10.8 Å². The van der Waals surface area contributed by atoms with Crippen molar-refractivity contribution in [2.75, 3.05) is 5.73 Å². The number of rotatable bonds is 0. The van der Waals surface area contributed by atoms with Crippen LogP contribution in [0.5, 0.6) is 0 Å². The van der Waals surface area contributed by atoms with Crippen LogP contribution in [0.15, 0.2) is 18.2 Å². The minimum Gasteiger partial charge on any atom is -0.503 e. The predicted octanol–water partition coefficient (Wildman–Crippen LogP) is -1.33. The van der Waals surface area contributed by atoms with Crippen LogP contribution in [0.3, 0.4) is 0 Å². The molecule has 3 nitrogen and oxygen atoms in total. The minimum absolute atomic E-state index is 0. The van der Waals surface area contributed by atoms with Gasteiger partial charge in [-0.3, -0.25) is 11.7 Å². The maximum atomic E-state index is 8.89. The average Bonchev–Trinajstić information content (AvgIpc) is 1.96. The molecule has 0 amide bonds. The summed E-state index contributed by atoms with van der Waals surface area (Å²) >= 11 is 0. The van der Waals surface area contributed by atoms with Gasteiger partial charge >= 0.3 is 58.2 Å². The molecule has 0 aliphatic rings. The van der Waals surface area contributed by atoms with Crippen LogP contribution in [0.4, 0.5) is 5.69 Å². The van der Waals surface area contributed by atoms with E-state index in [9.17, 15) is 0 Å². The van der Waals surface area contributed by atoms with Crippen LogP contribution in [0.2, 0.25) is 0 Å². The summed E-state index contributed by atoms with van der Waals surface area (Å²) in [7, 11) is 0. The zero-order valence-electron chi connectivity index (χ0n) is 8.96. The van der Waals surface area contributed by atoms with Gasteiger partial charge in [-0.1, -0.05) is 24.7 Å². The number of carboxylic acids is 1. The maximum absolute atomic E-state index is 8.89. The third-order valence-corrected chi connectivity index (χ3v) is 1.30. The van der Waals surface area contributed by atoms with Crippen LogP contribution in [-0.2, 0) is 25.2 Å². The van der Waals surface area contributed by atoms with Gasteiger partial charge in [-0.05, 0) is 0 Å². The monoisotopic (exact) mass is 451 g/mol. The van der Waals surface area contributed by atoms with Gasteiger partial charge in [0.25, 0.3) is 0 Å². The average molecular weight is 451 g/mol. The molecule has 1 radical (unpaired) electrons. The van der Waals surface area contributed by atoms with Gasteiger partial charge in [0.15, 0.2) is 5.97 Å². The van der Waals surface area contributed by atoms with Gasteiger partial charge in [-0.15, -0.1) is 5.56 Å². The molecule has 5 heteroatoms. The summed E-state index contributed by atoms with van der Waals surface area (Å²) in [5.41, 5.74) is 8.41. The molecule has 79 valence electrons. The number of aryl methyl sites for hydroxylation is 1. The minimum atomic E-state index is -1.08. The summed E-state index contributed by atoms with van der Waals surface area (Å²) in [5, 5.41) is 7.31. The Morgan fingerprint density at radius 3 is 2.13 bits per heavy atom. The van der Waals surface area contributed by atoms with Crippen molar-refractivity contribution in [1.82, 2.24) is 0 Å². The normalized spacial score (nSPS) is 7.27. The topological polar surface area (TPSA) is 63.3 Å². The third kappa shape index (κ3) is 12.6. The molecule has 0 heterocycles. The van der Waals surface area contributed by atoms with E-state index in [4.69, 9.17) is 15.6 Å². The summed E-state index contributed by atoms with van der Waals surface area (Å²) in [6.07, 6.45) is 0. The number of carbonyl (C=O) groups is 1. The largest absolute Gasteiger partial charge is 1.00 e. The fraction of sp³-hybridized carbons (Fsp3) is 0.100. The molecule has 0 saturated heterocycles.